The van der Waals surface area contributed by atoms with E-state index in [9.17, 15) is 4.79 Å². The summed E-state index contributed by atoms with van der Waals surface area (Å²) in [5.74, 6) is 0.738. The molecule has 0 radical (unpaired) electrons. The molecule has 0 amide bonds. The second-order valence-corrected chi connectivity index (χ2v) is 6.00. The lowest BCUT2D eigenvalue weighted by Crippen LogP contribution is -2.56. The second-order valence-electron chi connectivity index (χ2n) is 6.00. The van der Waals surface area contributed by atoms with E-state index in [1.807, 2.05) is 20.8 Å². The van der Waals surface area contributed by atoms with Gasteiger partial charge in [-0.3, -0.25) is 4.79 Å². The minimum atomic E-state index is -0.348. The van der Waals surface area contributed by atoms with E-state index in [0.717, 1.165) is 19.0 Å². The van der Waals surface area contributed by atoms with Gasteiger partial charge in [-0.05, 0) is 39.5 Å². The van der Waals surface area contributed by atoms with Crippen LogP contribution in [-0.4, -0.2) is 24.7 Å². The van der Waals surface area contributed by atoms with Crippen molar-refractivity contribution in [1.82, 2.24) is 5.32 Å². The number of rotatable bonds is 3. The predicted molar refractivity (Wildman–Crippen MR) is 58.5 cm³/mol. The van der Waals surface area contributed by atoms with Crippen molar-refractivity contribution in [3.8, 4) is 0 Å². The first-order chi connectivity index (χ1) is 6.91. The Morgan fingerprint density at radius 3 is 2.33 bits per heavy atom. The maximum Gasteiger partial charge on any atom is 0.306 e. The van der Waals surface area contributed by atoms with Gasteiger partial charge in [-0.1, -0.05) is 0 Å². The summed E-state index contributed by atoms with van der Waals surface area (Å²) in [4.78, 5) is 11.7. The molecular weight excluding hydrogens is 190 g/mol. The Hall–Kier alpha value is -0.570. The van der Waals surface area contributed by atoms with Gasteiger partial charge in [0.25, 0.3) is 0 Å². The van der Waals surface area contributed by atoms with Gasteiger partial charge in [0.1, 0.15) is 5.60 Å². The summed E-state index contributed by atoms with van der Waals surface area (Å²) in [6.45, 7) is 7.77. The topological polar surface area (TPSA) is 38.3 Å². The quantitative estimate of drug-likeness (QED) is 0.722. The van der Waals surface area contributed by atoms with Crippen molar-refractivity contribution in [2.75, 3.05) is 13.1 Å². The van der Waals surface area contributed by atoms with E-state index < -0.39 is 0 Å². The van der Waals surface area contributed by atoms with Gasteiger partial charge in [0.2, 0.25) is 0 Å². The summed E-state index contributed by atoms with van der Waals surface area (Å²) in [6, 6.07) is 0. The van der Waals surface area contributed by atoms with Crippen LogP contribution in [0, 0.1) is 11.3 Å². The molecule has 1 aliphatic heterocycles. The Bertz CT molecular complexity index is 259. The minimum Gasteiger partial charge on any atom is -0.460 e. The number of nitrogens with one attached hydrogen (secondary N) is 1. The average molecular weight is 211 g/mol. The molecule has 0 aromatic rings. The van der Waals surface area contributed by atoms with Crippen LogP contribution in [0.2, 0.25) is 0 Å². The molecule has 0 bridgehead atoms. The molecule has 0 aromatic carbocycles. The normalized spacial score (nSPS) is 24.5. The van der Waals surface area contributed by atoms with Gasteiger partial charge in [-0.15, -0.1) is 0 Å². The maximum absolute atomic E-state index is 11.7. The smallest absolute Gasteiger partial charge is 0.306 e. The second kappa shape index (κ2) is 3.48. The van der Waals surface area contributed by atoms with E-state index in [1.165, 1.54) is 12.8 Å². The third kappa shape index (κ3) is 2.51. The third-order valence-corrected chi connectivity index (χ3v) is 3.31. The Kier molecular flexibility index (Phi) is 2.53. The summed E-state index contributed by atoms with van der Waals surface area (Å²) in [7, 11) is 0. The van der Waals surface area contributed by atoms with Crippen LogP contribution in [0.3, 0.4) is 0 Å². The Morgan fingerprint density at radius 1 is 1.40 bits per heavy atom. The minimum absolute atomic E-state index is 0.0316. The number of hydrogen-bond donors (Lipinski definition) is 1. The molecule has 0 unspecified atom stereocenters. The molecule has 1 heterocycles. The molecule has 1 N–H and O–H groups in total. The first-order valence-corrected chi connectivity index (χ1v) is 5.84. The SMILES string of the molecule is CC(C)(C)OC(=O)CC1(C2CC2)CNC1. The van der Waals surface area contributed by atoms with E-state index >= 15 is 0 Å². The van der Waals surface area contributed by atoms with Crippen molar-refractivity contribution >= 4 is 5.97 Å². The van der Waals surface area contributed by atoms with E-state index in [1.54, 1.807) is 0 Å². The lowest BCUT2D eigenvalue weighted by atomic mass is 9.74. The maximum atomic E-state index is 11.7. The monoisotopic (exact) mass is 211 g/mol. The standard InChI is InChI=1S/C12H21NO2/c1-11(2,3)15-10(14)6-12(7-13-8-12)9-4-5-9/h9,13H,4-8H2,1-3H3. The lowest BCUT2D eigenvalue weighted by molar-refractivity contribution is -0.159. The Labute approximate surface area is 91.6 Å². The number of hydrogen-bond acceptors (Lipinski definition) is 3. The van der Waals surface area contributed by atoms with Crippen LogP contribution in [0.5, 0.6) is 0 Å². The van der Waals surface area contributed by atoms with Crippen molar-refractivity contribution in [2.45, 2.75) is 45.6 Å². The first-order valence-electron chi connectivity index (χ1n) is 5.84. The van der Waals surface area contributed by atoms with E-state index in [4.69, 9.17) is 4.74 Å². The van der Waals surface area contributed by atoms with Crippen LogP contribution in [0.15, 0.2) is 0 Å². The fraction of sp³-hybridized carbons (Fsp3) is 0.917. The molecule has 3 nitrogen and oxygen atoms in total. The van der Waals surface area contributed by atoms with Gasteiger partial charge in [0.05, 0.1) is 6.42 Å². The van der Waals surface area contributed by atoms with E-state index in [0.29, 0.717) is 6.42 Å². The highest BCUT2D eigenvalue weighted by atomic mass is 16.6. The van der Waals surface area contributed by atoms with Crippen LogP contribution in [0.25, 0.3) is 0 Å². The fourth-order valence-corrected chi connectivity index (χ4v) is 2.36. The van der Waals surface area contributed by atoms with Crippen molar-refractivity contribution in [1.29, 1.82) is 0 Å². The molecule has 86 valence electrons. The molecule has 0 aromatic heterocycles. The van der Waals surface area contributed by atoms with Crippen LogP contribution in [-0.2, 0) is 9.53 Å². The molecule has 2 aliphatic rings. The number of ether oxygens (including phenoxy) is 1. The van der Waals surface area contributed by atoms with E-state index in [2.05, 4.69) is 5.32 Å². The summed E-state index contributed by atoms with van der Waals surface area (Å²) in [6.07, 6.45) is 3.19. The number of carbonyl (C=O) groups is 1. The molecule has 15 heavy (non-hydrogen) atoms. The van der Waals surface area contributed by atoms with Crippen LogP contribution in [0.4, 0.5) is 0 Å². The molecule has 1 aliphatic carbocycles. The van der Waals surface area contributed by atoms with Gasteiger partial charge in [-0.2, -0.15) is 0 Å². The van der Waals surface area contributed by atoms with Gasteiger partial charge < -0.3 is 10.1 Å². The van der Waals surface area contributed by atoms with Gasteiger partial charge in [-0.25, -0.2) is 0 Å². The zero-order chi connectivity index (χ0) is 11.1. The molecule has 0 atom stereocenters. The molecule has 2 rings (SSSR count). The summed E-state index contributed by atoms with van der Waals surface area (Å²) >= 11 is 0. The Balaban J connectivity index is 1.87. The summed E-state index contributed by atoms with van der Waals surface area (Å²) < 4.78 is 5.38. The van der Waals surface area contributed by atoms with E-state index in [-0.39, 0.29) is 17.0 Å². The molecular formula is C12H21NO2. The zero-order valence-electron chi connectivity index (χ0n) is 9.93. The van der Waals surface area contributed by atoms with Crippen molar-refractivity contribution in [3.05, 3.63) is 0 Å². The number of esters is 1. The fourth-order valence-electron chi connectivity index (χ4n) is 2.36. The van der Waals surface area contributed by atoms with Crippen molar-refractivity contribution in [3.63, 3.8) is 0 Å². The van der Waals surface area contributed by atoms with Crippen molar-refractivity contribution < 1.29 is 9.53 Å². The highest BCUT2D eigenvalue weighted by Crippen LogP contribution is 2.50. The molecule has 2 fully saturated rings. The zero-order valence-corrected chi connectivity index (χ0v) is 9.93. The molecule has 1 saturated heterocycles. The summed E-state index contributed by atoms with van der Waals surface area (Å²) in [5, 5.41) is 3.28. The largest absolute Gasteiger partial charge is 0.460 e. The van der Waals surface area contributed by atoms with Crippen LogP contribution < -0.4 is 5.32 Å². The van der Waals surface area contributed by atoms with Gasteiger partial charge >= 0.3 is 5.97 Å². The lowest BCUT2D eigenvalue weighted by Gasteiger charge is -2.43. The predicted octanol–water partition coefficient (Wildman–Crippen LogP) is 1.72. The van der Waals surface area contributed by atoms with Crippen LogP contribution >= 0.6 is 0 Å². The highest BCUT2D eigenvalue weighted by Gasteiger charge is 2.50. The van der Waals surface area contributed by atoms with Gasteiger partial charge in [0, 0.05) is 18.5 Å². The van der Waals surface area contributed by atoms with Crippen LogP contribution in [0.1, 0.15) is 40.0 Å². The summed E-state index contributed by atoms with van der Waals surface area (Å²) in [5.41, 5.74) is -0.110. The number of carbonyl (C=O) groups excluding carboxylic acids is 1. The first kappa shape index (κ1) is 10.9. The average Bonchev–Trinajstić information content (AvgIpc) is 2.75. The molecule has 1 saturated carbocycles. The Morgan fingerprint density at radius 2 is 2.00 bits per heavy atom. The molecule has 3 heteroatoms. The molecule has 0 spiro atoms. The van der Waals surface area contributed by atoms with Gasteiger partial charge in [0.15, 0.2) is 0 Å². The third-order valence-electron chi connectivity index (χ3n) is 3.31. The van der Waals surface area contributed by atoms with Crippen molar-refractivity contribution in [2.24, 2.45) is 11.3 Å². The highest BCUT2D eigenvalue weighted by molar-refractivity contribution is 5.71.